The molecule has 16 heteroatoms. The number of nitrogens with one attached hydrogen (secondary N) is 3. The number of anilines is 2. The molecule has 1 unspecified atom stereocenters. The molecule has 0 radical (unpaired) electrons. The van der Waals surface area contributed by atoms with Gasteiger partial charge in [0.05, 0.1) is 32.7 Å². The molecule has 2 saturated heterocycles. The molecule has 0 saturated carbocycles. The number of aryl methyl sites for hydroxylation is 4. The minimum absolute atomic E-state index is 0.0888. The maximum absolute atomic E-state index is 13.5. The summed E-state index contributed by atoms with van der Waals surface area (Å²) < 4.78 is 32.1. The summed E-state index contributed by atoms with van der Waals surface area (Å²) in [6.45, 7) is 11.3. The Morgan fingerprint density at radius 2 is 1.46 bits per heavy atom. The van der Waals surface area contributed by atoms with E-state index in [1.54, 1.807) is 12.1 Å². The zero-order valence-electron chi connectivity index (χ0n) is 40.7. The van der Waals surface area contributed by atoms with Gasteiger partial charge in [-0.2, -0.15) is 0 Å². The van der Waals surface area contributed by atoms with Gasteiger partial charge in [-0.15, -0.1) is 0 Å². The minimum atomic E-state index is -3.80. The quantitative estimate of drug-likeness (QED) is 0.0462. The number of rotatable bonds is 22. The van der Waals surface area contributed by atoms with Crippen LogP contribution < -0.4 is 20.3 Å². The third kappa shape index (κ3) is 12.0. The van der Waals surface area contributed by atoms with Gasteiger partial charge < -0.3 is 14.8 Å². The van der Waals surface area contributed by atoms with Crippen LogP contribution in [-0.2, 0) is 37.4 Å². The minimum Gasteiger partial charge on any atom is -0.369 e. The molecule has 70 heavy (non-hydrogen) atoms. The first-order valence-electron chi connectivity index (χ1n) is 25.0. The summed E-state index contributed by atoms with van der Waals surface area (Å²) in [7, 11) is -3.80. The fourth-order valence-corrected chi connectivity index (χ4v) is 11.8. The van der Waals surface area contributed by atoms with E-state index in [0.717, 1.165) is 130 Å². The second-order valence-corrected chi connectivity index (χ2v) is 20.8. The van der Waals surface area contributed by atoms with Crippen molar-refractivity contribution in [3.05, 3.63) is 118 Å². The summed E-state index contributed by atoms with van der Waals surface area (Å²) in [6.07, 6.45) is 10.7. The molecule has 3 N–H and O–H groups in total. The largest absolute Gasteiger partial charge is 0.369 e. The molecule has 0 spiro atoms. The van der Waals surface area contributed by atoms with E-state index in [9.17, 15) is 32.4 Å². The number of nitrogens with zero attached hydrogens (tertiary/aromatic N) is 5. The molecule has 0 bridgehead atoms. The zero-order chi connectivity index (χ0) is 49.4. The molecular formula is C54H66N8O7S. The number of benzene rings is 4. The third-order valence-electron chi connectivity index (χ3n) is 13.8. The molecule has 8 rings (SSSR count). The standard InChI is InChI=1S/C54H66N8O7S/c1-37-32-38(2)51(39(3)33-37)70(68,69)58-41-20-23-46-45(34-41)56-48(61(46)36-40-16-10-9-11-17-40)18-12-5-4-7-14-26-55-49(63)19-13-6-8-15-27-59-28-30-60(31-29-59)42-21-22-43-44(35-42)54(67)62(53(43)66)47-24-25-50(64)57-52(47)65/h9-11,16-17,20-23,32-35,47,58H,4-8,12-15,18-19,24-31,36H2,1-3H3,(H,55,63)(H,57,64,65). The van der Waals surface area contributed by atoms with Crippen LogP contribution in [0.1, 0.15) is 126 Å². The normalized spacial score (nSPS) is 16.5. The van der Waals surface area contributed by atoms with Gasteiger partial charge in [-0.3, -0.25) is 43.8 Å². The van der Waals surface area contributed by atoms with Crippen molar-refractivity contribution in [3.8, 4) is 0 Å². The Labute approximate surface area is 411 Å². The molecule has 5 amide bonds. The van der Waals surface area contributed by atoms with Crippen molar-refractivity contribution in [2.75, 3.05) is 48.9 Å². The second-order valence-electron chi connectivity index (χ2n) is 19.2. The van der Waals surface area contributed by atoms with Crippen LogP contribution in [0.5, 0.6) is 0 Å². The van der Waals surface area contributed by atoms with E-state index in [-0.39, 0.29) is 24.3 Å². The molecule has 5 aromatic rings. The highest BCUT2D eigenvalue weighted by atomic mass is 32.2. The number of imide groups is 2. The van der Waals surface area contributed by atoms with Crippen molar-refractivity contribution >= 4 is 62.0 Å². The summed E-state index contributed by atoms with van der Waals surface area (Å²) >= 11 is 0. The van der Waals surface area contributed by atoms with Crippen molar-refractivity contribution in [3.63, 3.8) is 0 Å². The van der Waals surface area contributed by atoms with Crippen LogP contribution in [0.3, 0.4) is 0 Å². The molecule has 3 aliphatic rings. The highest BCUT2D eigenvalue weighted by Crippen LogP contribution is 2.32. The van der Waals surface area contributed by atoms with E-state index in [0.29, 0.717) is 46.8 Å². The van der Waals surface area contributed by atoms with E-state index < -0.39 is 39.7 Å². The summed E-state index contributed by atoms with van der Waals surface area (Å²) in [6, 6.07) is 24.0. The Hall–Kier alpha value is -6.39. The Kier molecular flexibility index (Phi) is 16.1. The number of hydrogen-bond acceptors (Lipinski definition) is 10. The fraction of sp³-hybridized carbons (Fsp3) is 0.444. The van der Waals surface area contributed by atoms with Gasteiger partial charge in [0.1, 0.15) is 11.9 Å². The second kappa shape index (κ2) is 22.6. The number of piperazine rings is 1. The van der Waals surface area contributed by atoms with Crippen LogP contribution >= 0.6 is 0 Å². The fourth-order valence-electron chi connectivity index (χ4n) is 10.3. The number of hydrogen-bond donors (Lipinski definition) is 3. The van der Waals surface area contributed by atoms with Crippen LogP contribution in [0.25, 0.3) is 11.0 Å². The van der Waals surface area contributed by atoms with Gasteiger partial charge in [0.15, 0.2) is 0 Å². The molecular weight excluding hydrogens is 905 g/mol. The average molecular weight is 971 g/mol. The van der Waals surface area contributed by atoms with Gasteiger partial charge in [0, 0.05) is 64.2 Å². The Morgan fingerprint density at radius 1 is 0.757 bits per heavy atom. The van der Waals surface area contributed by atoms with Crippen molar-refractivity contribution < 1.29 is 32.4 Å². The van der Waals surface area contributed by atoms with Gasteiger partial charge in [-0.1, -0.05) is 80.1 Å². The van der Waals surface area contributed by atoms with E-state index in [1.165, 1.54) is 5.56 Å². The number of aromatic nitrogens is 2. The Bertz CT molecular complexity index is 2830. The molecule has 4 aromatic carbocycles. The van der Waals surface area contributed by atoms with Crippen LogP contribution in [-0.4, -0.2) is 103 Å². The highest BCUT2D eigenvalue weighted by Gasteiger charge is 2.45. The van der Waals surface area contributed by atoms with Gasteiger partial charge >= 0.3 is 0 Å². The summed E-state index contributed by atoms with van der Waals surface area (Å²) in [4.78, 5) is 74.0. The Morgan fingerprint density at radius 3 is 2.21 bits per heavy atom. The molecule has 370 valence electrons. The van der Waals surface area contributed by atoms with E-state index in [4.69, 9.17) is 4.98 Å². The number of imidazole rings is 1. The lowest BCUT2D eigenvalue weighted by atomic mass is 10.0. The lowest BCUT2D eigenvalue weighted by molar-refractivity contribution is -0.136. The molecule has 3 aliphatic heterocycles. The maximum Gasteiger partial charge on any atom is 0.262 e. The number of piperidine rings is 1. The lowest BCUT2D eigenvalue weighted by Crippen LogP contribution is -2.54. The number of unbranched alkanes of at least 4 members (excludes halogenated alkanes) is 7. The van der Waals surface area contributed by atoms with Crippen LogP contribution in [0.15, 0.2) is 83.8 Å². The van der Waals surface area contributed by atoms with E-state index in [1.807, 2.05) is 75.4 Å². The zero-order valence-corrected chi connectivity index (χ0v) is 41.5. The van der Waals surface area contributed by atoms with Crippen LogP contribution in [0.4, 0.5) is 11.4 Å². The SMILES string of the molecule is Cc1cc(C)c(S(=O)(=O)Nc2ccc3c(c2)nc(CCCCCCCNC(=O)CCCCCCN2CCN(c4ccc5c(c4)C(=O)N(C4CCC(=O)NC4=O)C5=O)CC2)n3Cc2ccccc2)c(C)c1. The summed E-state index contributed by atoms with van der Waals surface area (Å²) in [5.74, 6) is -0.894. The van der Waals surface area contributed by atoms with Gasteiger partial charge in [0.25, 0.3) is 21.8 Å². The maximum atomic E-state index is 13.5. The average Bonchev–Trinajstić information content (AvgIpc) is 3.78. The van der Waals surface area contributed by atoms with E-state index in [2.05, 4.69) is 41.9 Å². The topological polar surface area (TPSA) is 183 Å². The number of amides is 5. The molecule has 15 nitrogen and oxygen atoms in total. The molecule has 1 aromatic heterocycles. The Balaban J connectivity index is 0.694. The number of fused-ring (bicyclic) bond motifs is 2. The van der Waals surface area contributed by atoms with Crippen molar-refractivity contribution in [1.29, 1.82) is 0 Å². The van der Waals surface area contributed by atoms with Gasteiger partial charge in [-0.25, -0.2) is 13.4 Å². The monoisotopic (exact) mass is 970 g/mol. The van der Waals surface area contributed by atoms with E-state index >= 15 is 0 Å². The lowest BCUT2D eigenvalue weighted by Gasteiger charge is -2.36. The first-order chi connectivity index (χ1) is 33.8. The first kappa shape index (κ1) is 50.0. The van der Waals surface area contributed by atoms with Crippen LogP contribution in [0.2, 0.25) is 0 Å². The number of carbonyl (C=O) groups excluding carboxylic acids is 5. The smallest absolute Gasteiger partial charge is 0.262 e. The summed E-state index contributed by atoms with van der Waals surface area (Å²) in [5.41, 5.74) is 7.30. The molecule has 0 aliphatic carbocycles. The molecule has 1 atom stereocenters. The predicted octanol–water partition coefficient (Wildman–Crippen LogP) is 7.59. The number of carbonyl (C=O) groups is 5. The first-order valence-corrected chi connectivity index (χ1v) is 26.5. The molecule has 4 heterocycles. The van der Waals surface area contributed by atoms with Crippen molar-refractivity contribution in [2.24, 2.45) is 0 Å². The van der Waals surface area contributed by atoms with Gasteiger partial charge in [0.2, 0.25) is 17.7 Å². The van der Waals surface area contributed by atoms with Crippen LogP contribution in [0, 0.1) is 20.8 Å². The predicted molar refractivity (Wildman–Crippen MR) is 271 cm³/mol. The molecule has 2 fully saturated rings. The summed E-state index contributed by atoms with van der Waals surface area (Å²) in [5, 5.41) is 5.35. The van der Waals surface area contributed by atoms with Crippen molar-refractivity contribution in [1.82, 2.24) is 30.0 Å². The van der Waals surface area contributed by atoms with Gasteiger partial charge in [-0.05, 0) is 113 Å². The van der Waals surface area contributed by atoms with Crippen molar-refractivity contribution in [2.45, 2.75) is 122 Å². The highest BCUT2D eigenvalue weighted by molar-refractivity contribution is 7.92. The third-order valence-corrected chi connectivity index (χ3v) is 15.5. The number of sulfonamides is 1.